The highest BCUT2D eigenvalue weighted by molar-refractivity contribution is 6.27. The Morgan fingerprint density at radius 2 is 0.613 bits per heavy atom. The lowest BCUT2D eigenvalue weighted by Crippen LogP contribution is -2.09. The Morgan fingerprint density at radius 3 is 1.02 bits per heavy atom. The van der Waals surface area contributed by atoms with Crippen LogP contribution < -0.4 is 9.80 Å². The van der Waals surface area contributed by atoms with Crippen molar-refractivity contribution in [2.75, 3.05) is 9.80 Å². The van der Waals surface area contributed by atoms with Crippen molar-refractivity contribution in [1.82, 2.24) is 19.1 Å². The van der Waals surface area contributed by atoms with Crippen molar-refractivity contribution in [3.05, 3.63) is 279 Å². The zero-order valence-corrected chi connectivity index (χ0v) is 43.1. The van der Waals surface area contributed by atoms with E-state index >= 15 is 0 Å². The molecule has 16 rings (SSSR count). The minimum Gasteiger partial charge on any atom is -0.456 e. The minimum atomic E-state index is 0.810. The van der Waals surface area contributed by atoms with Gasteiger partial charge in [0.2, 0.25) is 0 Å². The molecule has 8 heteroatoms. The van der Waals surface area contributed by atoms with Crippen LogP contribution in [0.2, 0.25) is 0 Å². The van der Waals surface area contributed by atoms with Gasteiger partial charge in [0.05, 0.1) is 22.1 Å². The van der Waals surface area contributed by atoms with E-state index in [0.29, 0.717) is 0 Å². The second-order valence-electron chi connectivity index (χ2n) is 20.2. The van der Waals surface area contributed by atoms with Gasteiger partial charge in [0.25, 0.3) is 0 Å². The van der Waals surface area contributed by atoms with Crippen molar-refractivity contribution in [2.24, 2.45) is 0 Å². The van der Waals surface area contributed by atoms with Crippen molar-refractivity contribution in [3.63, 3.8) is 0 Å². The molecular weight excluding hydrogens is 981 g/mol. The number of imidazole rings is 2. The summed E-state index contributed by atoms with van der Waals surface area (Å²) in [5.41, 5.74) is 17.6. The smallest absolute Gasteiger partial charge is 0.145 e. The van der Waals surface area contributed by atoms with E-state index in [1.54, 1.807) is 0 Å². The minimum absolute atomic E-state index is 0.810. The number of furan rings is 2. The van der Waals surface area contributed by atoms with Crippen molar-refractivity contribution < 1.29 is 8.83 Å². The topological polar surface area (TPSA) is 68.4 Å². The maximum atomic E-state index is 6.79. The van der Waals surface area contributed by atoms with Crippen LogP contribution in [-0.4, -0.2) is 19.1 Å². The average molecular weight is 1030 g/mol. The third kappa shape index (κ3) is 7.38. The number of rotatable bonds is 10. The van der Waals surface area contributed by atoms with E-state index in [9.17, 15) is 0 Å². The first-order chi connectivity index (χ1) is 39.7. The van der Waals surface area contributed by atoms with E-state index in [2.05, 4.69) is 274 Å². The summed E-state index contributed by atoms with van der Waals surface area (Å²) in [6.07, 6.45) is 0. The van der Waals surface area contributed by atoms with Gasteiger partial charge in [-0.1, -0.05) is 97.1 Å². The lowest BCUT2D eigenvalue weighted by molar-refractivity contribution is 0.668. The second-order valence-corrected chi connectivity index (χ2v) is 20.2. The molecule has 0 amide bonds. The number of hydrogen-bond acceptors (Lipinski definition) is 6. The second kappa shape index (κ2) is 18.4. The molecule has 0 atom stereocenters. The molecule has 16 aromatic rings. The molecule has 0 bridgehead atoms. The van der Waals surface area contributed by atoms with Gasteiger partial charge in [-0.15, -0.1) is 0 Å². The lowest BCUT2D eigenvalue weighted by Gasteiger charge is -2.25. The third-order valence-electron chi connectivity index (χ3n) is 15.5. The van der Waals surface area contributed by atoms with Crippen LogP contribution in [0.25, 0.3) is 111 Å². The Balaban J connectivity index is 0.760. The predicted octanol–water partition coefficient (Wildman–Crippen LogP) is 19.6. The number of benzene rings is 12. The van der Waals surface area contributed by atoms with Crippen LogP contribution in [0, 0.1) is 0 Å². The van der Waals surface area contributed by atoms with Gasteiger partial charge in [-0.05, 0) is 181 Å². The van der Waals surface area contributed by atoms with Gasteiger partial charge in [-0.3, -0.25) is 9.13 Å². The Bertz CT molecular complexity index is 4670. The average Bonchev–Trinajstić information content (AvgIpc) is 4.41. The summed E-state index contributed by atoms with van der Waals surface area (Å²) in [4.78, 5) is 14.8. The molecule has 0 aliphatic carbocycles. The molecule has 0 fully saturated rings. The van der Waals surface area contributed by atoms with Gasteiger partial charge in [0, 0.05) is 90.3 Å². The summed E-state index contributed by atoms with van der Waals surface area (Å²) in [5.74, 6) is 1.78. The van der Waals surface area contributed by atoms with Gasteiger partial charge in [0.15, 0.2) is 0 Å². The maximum Gasteiger partial charge on any atom is 0.145 e. The zero-order valence-electron chi connectivity index (χ0n) is 43.1. The molecule has 0 aliphatic heterocycles. The summed E-state index contributed by atoms with van der Waals surface area (Å²) in [6.45, 7) is 0. The highest BCUT2D eigenvalue weighted by Gasteiger charge is 2.22. The van der Waals surface area contributed by atoms with Crippen LogP contribution in [0.1, 0.15) is 0 Å². The summed E-state index contributed by atoms with van der Waals surface area (Å²) in [6, 6.07) is 97.6. The molecule has 4 heterocycles. The van der Waals surface area contributed by atoms with E-state index in [0.717, 1.165) is 145 Å². The first kappa shape index (κ1) is 45.3. The Morgan fingerprint density at radius 1 is 0.275 bits per heavy atom. The molecule has 4 aromatic heterocycles. The van der Waals surface area contributed by atoms with E-state index < -0.39 is 0 Å². The number of aromatic nitrogens is 4. The Kier molecular flexibility index (Phi) is 10.4. The van der Waals surface area contributed by atoms with Crippen molar-refractivity contribution >= 4 is 111 Å². The van der Waals surface area contributed by atoms with Crippen LogP contribution in [0.4, 0.5) is 34.1 Å². The molecule has 0 saturated carbocycles. The van der Waals surface area contributed by atoms with E-state index in [1.807, 2.05) is 24.3 Å². The molecule has 0 saturated heterocycles. The van der Waals surface area contributed by atoms with Crippen LogP contribution >= 0.6 is 0 Å². The molecule has 0 unspecified atom stereocenters. The molecule has 376 valence electrons. The van der Waals surface area contributed by atoms with E-state index in [4.69, 9.17) is 18.8 Å². The first-order valence-electron chi connectivity index (χ1n) is 26.9. The van der Waals surface area contributed by atoms with Gasteiger partial charge in [-0.25, -0.2) is 9.97 Å². The largest absolute Gasteiger partial charge is 0.456 e. The summed E-state index contributed by atoms with van der Waals surface area (Å²) in [5, 5.41) is 6.47. The standard InChI is InChI=1S/C72H46N6O2/c1-5-17-49(18-6-1)75(53-33-29-47(30-34-53)71-73-61-25-13-15-27-63(61)77(71)51-21-9-3-10-22-51)55-37-39-59-67(45-55)79-65-43-41-58-57(69(59)65)42-44-66-70(58)60-40-38-56(46-68(60)80-66)76(50-19-7-2-8-20-50)54-35-31-48(32-36-54)72-74-62-26-14-16-28-64(62)78(72)52-23-11-4-12-24-52/h1-46H. The molecule has 0 N–H and O–H groups in total. The SMILES string of the molecule is c1ccc(N(c2ccc(-c3nc4ccccc4n3-c3ccccc3)cc2)c2ccc3c(c2)oc2ccc4c(ccc5oc6cc(N(c7ccccc7)c7ccc(-c8nc9ccccc9n8-c8ccccc8)cc7)ccc6c54)c23)cc1. The number of anilines is 6. The summed E-state index contributed by atoms with van der Waals surface area (Å²) >= 11 is 0. The first-order valence-corrected chi connectivity index (χ1v) is 26.9. The highest BCUT2D eigenvalue weighted by atomic mass is 16.3. The zero-order chi connectivity index (χ0) is 52.7. The van der Waals surface area contributed by atoms with Gasteiger partial charge in [0.1, 0.15) is 34.0 Å². The van der Waals surface area contributed by atoms with Crippen LogP contribution in [0.3, 0.4) is 0 Å². The molecule has 8 nitrogen and oxygen atoms in total. The fourth-order valence-electron chi connectivity index (χ4n) is 11.9. The van der Waals surface area contributed by atoms with Gasteiger partial charge in [-0.2, -0.15) is 0 Å². The van der Waals surface area contributed by atoms with Gasteiger partial charge < -0.3 is 18.6 Å². The highest BCUT2D eigenvalue weighted by Crippen LogP contribution is 2.45. The number of fused-ring (bicyclic) bond motifs is 11. The fourth-order valence-corrected chi connectivity index (χ4v) is 11.9. The monoisotopic (exact) mass is 1030 g/mol. The molecular formula is C72H46N6O2. The van der Waals surface area contributed by atoms with E-state index in [-0.39, 0.29) is 0 Å². The van der Waals surface area contributed by atoms with Crippen LogP contribution in [-0.2, 0) is 0 Å². The molecule has 0 spiro atoms. The quantitative estimate of drug-likeness (QED) is 0.136. The molecule has 0 aliphatic rings. The molecule has 0 radical (unpaired) electrons. The van der Waals surface area contributed by atoms with Crippen molar-refractivity contribution in [3.8, 4) is 34.2 Å². The lowest BCUT2D eigenvalue weighted by atomic mass is 9.99. The molecule has 80 heavy (non-hydrogen) atoms. The third-order valence-corrected chi connectivity index (χ3v) is 15.5. The summed E-state index contributed by atoms with van der Waals surface area (Å²) in [7, 11) is 0. The Hall–Kier alpha value is -11.0. The molecule has 12 aromatic carbocycles. The van der Waals surface area contributed by atoms with Crippen molar-refractivity contribution in [2.45, 2.75) is 0 Å². The normalized spacial score (nSPS) is 11.8. The Labute approximate surface area is 459 Å². The van der Waals surface area contributed by atoms with Crippen LogP contribution in [0.15, 0.2) is 288 Å². The van der Waals surface area contributed by atoms with E-state index in [1.165, 1.54) is 0 Å². The maximum absolute atomic E-state index is 6.79. The van der Waals surface area contributed by atoms with Gasteiger partial charge >= 0.3 is 0 Å². The summed E-state index contributed by atoms with van der Waals surface area (Å²) < 4.78 is 18.1. The number of nitrogens with zero attached hydrogens (tertiary/aromatic N) is 6. The number of para-hydroxylation sites is 8. The van der Waals surface area contributed by atoms with Crippen molar-refractivity contribution in [1.29, 1.82) is 0 Å². The number of hydrogen-bond donors (Lipinski definition) is 0. The predicted molar refractivity (Wildman–Crippen MR) is 328 cm³/mol. The fraction of sp³-hybridized carbons (Fsp3) is 0. The van der Waals surface area contributed by atoms with Crippen LogP contribution in [0.5, 0.6) is 0 Å².